The summed E-state index contributed by atoms with van der Waals surface area (Å²) in [6, 6.07) is 16.5. The molecule has 0 saturated heterocycles. The van der Waals surface area contributed by atoms with Crippen molar-refractivity contribution in [2.45, 2.75) is 31.3 Å². The topological polar surface area (TPSA) is 131 Å². The fourth-order valence-corrected chi connectivity index (χ4v) is 4.03. The largest absolute Gasteiger partial charge is 0.481 e. The van der Waals surface area contributed by atoms with Gasteiger partial charge in [-0.25, -0.2) is 14.8 Å². The molecule has 2 amide bonds. The monoisotopic (exact) mass is 460 g/mol. The Morgan fingerprint density at radius 2 is 1.56 bits per heavy atom. The number of alkyl carbamates (subject to hydrolysis) is 1. The second-order valence-corrected chi connectivity index (χ2v) is 7.84. The number of carbonyl (C=O) groups excluding carboxylic acids is 2. The Bertz CT molecular complexity index is 1140. The summed E-state index contributed by atoms with van der Waals surface area (Å²) in [5.41, 5.74) is 4.35. The van der Waals surface area contributed by atoms with Gasteiger partial charge in [-0.3, -0.25) is 9.59 Å². The number of benzene rings is 2. The third-order valence-corrected chi connectivity index (χ3v) is 5.64. The summed E-state index contributed by atoms with van der Waals surface area (Å²) in [4.78, 5) is 44.3. The Hall–Kier alpha value is -4.27. The van der Waals surface area contributed by atoms with Gasteiger partial charge in [0.05, 0.1) is 6.54 Å². The van der Waals surface area contributed by atoms with E-state index in [0.29, 0.717) is 5.82 Å². The maximum absolute atomic E-state index is 12.6. The predicted octanol–water partition coefficient (Wildman–Crippen LogP) is 2.86. The average molecular weight is 460 g/mol. The fraction of sp³-hybridized carbons (Fsp3) is 0.240. The summed E-state index contributed by atoms with van der Waals surface area (Å²) < 4.78 is 5.49. The van der Waals surface area contributed by atoms with Crippen LogP contribution in [0.1, 0.15) is 35.7 Å². The molecule has 34 heavy (non-hydrogen) atoms. The average Bonchev–Trinajstić information content (AvgIpc) is 3.18. The van der Waals surface area contributed by atoms with Crippen molar-refractivity contribution in [3.63, 3.8) is 0 Å². The van der Waals surface area contributed by atoms with E-state index in [2.05, 4.69) is 20.6 Å². The highest BCUT2D eigenvalue weighted by molar-refractivity contribution is 5.86. The first-order valence-electron chi connectivity index (χ1n) is 10.9. The van der Waals surface area contributed by atoms with Crippen molar-refractivity contribution >= 4 is 18.0 Å². The van der Waals surface area contributed by atoms with Gasteiger partial charge in [0.25, 0.3) is 0 Å². The molecule has 0 aliphatic heterocycles. The minimum absolute atomic E-state index is 0.0512. The van der Waals surface area contributed by atoms with Crippen molar-refractivity contribution in [1.82, 2.24) is 20.6 Å². The normalized spacial score (nSPS) is 12.8. The van der Waals surface area contributed by atoms with E-state index in [1.54, 1.807) is 18.5 Å². The summed E-state index contributed by atoms with van der Waals surface area (Å²) in [6.45, 7) is 0.139. The highest BCUT2D eigenvalue weighted by Crippen LogP contribution is 2.44. The summed E-state index contributed by atoms with van der Waals surface area (Å²) >= 11 is 0. The minimum atomic E-state index is -1.07. The lowest BCUT2D eigenvalue weighted by Crippen LogP contribution is -2.47. The van der Waals surface area contributed by atoms with E-state index in [0.717, 1.165) is 22.3 Å². The number of nitrogens with zero attached hydrogens (tertiary/aromatic N) is 2. The molecule has 1 unspecified atom stereocenters. The molecule has 174 valence electrons. The van der Waals surface area contributed by atoms with Crippen molar-refractivity contribution in [2.75, 3.05) is 6.61 Å². The standard InChI is InChI=1S/C25H24N4O5/c30-23(31)11-10-21(24(32)28-14-22-26-12-5-13-27-22)29-25(33)34-15-20-18-8-3-1-6-16(18)17-7-2-4-9-19(17)20/h1-9,12-13,20-21H,10-11,14-15H2,(H,28,32)(H,29,33)(H,30,31). The number of fused-ring (bicyclic) bond motifs is 3. The van der Waals surface area contributed by atoms with Crippen LogP contribution in [0.4, 0.5) is 4.79 Å². The van der Waals surface area contributed by atoms with Crippen molar-refractivity contribution in [3.05, 3.63) is 83.9 Å². The Kier molecular flexibility index (Phi) is 7.12. The maximum Gasteiger partial charge on any atom is 0.407 e. The number of carbonyl (C=O) groups is 3. The van der Waals surface area contributed by atoms with Crippen LogP contribution in [0.3, 0.4) is 0 Å². The van der Waals surface area contributed by atoms with Crippen molar-refractivity contribution in [2.24, 2.45) is 0 Å². The van der Waals surface area contributed by atoms with Gasteiger partial charge in [0.15, 0.2) is 0 Å². The molecule has 1 aromatic heterocycles. The van der Waals surface area contributed by atoms with Gasteiger partial charge in [0.2, 0.25) is 5.91 Å². The summed E-state index contributed by atoms with van der Waals surface area (Å²) in [6.07, 6.45) is 1.93. The van der Waals surface area contributed by atoms with Gasteiger partial charge in [-0.15, -0.1) is 0 Å². The van der Waals surface area contributed by atoms with Gasteiger partial charge in [-0.2, -0.15) is 0 Å². The molecular formula is C25H24N4O5. The van der Waals surface area contributed by atoms with Crippen LogP contribution in [-0.2, 0) is 20.9 Å². The number of aromatic nitrogens is 2. The molecule has 1 heterocycles. The fourth-order valence-electron chi connectivity index (χ4n) is 4.03. The van der Waals surface area contributed by atoms with Crippen LogP contribution in [0.15, 0.2) is 67.0 Å². The smallest absolute Gasteiger partial charge is 0.407 e. The van der Waals surface area contributed by atoms with Crippen LogP contribution in [-0.4, -0.2) is 45.7 Å². The molecule has 9 heteroatoms. The number of carboxylic acid groups (broad SMARTS) is 1. The Morgan fingerprint density at radius 3 is 2.18 bits per heavy atom. The zero-order valence-corrected chi connectivity index (χ0v) is 18.3. The van der Waals surface area contributed by atoms with E-state index in [-0.39, 0.29) is 31.9 Å². The molecule has 0 bridgehead atoms. The van der Waals surface area contributed by atoms with Crippen molar-refractivity contribution in [1.29, 1.82) is 0 Å². The van der Waals surface area contributed by atoms with E-state index >= 15 is 0 Å². The number of aliphatic carboxylic acids is 1. The highest BCUT2D eigenvalue weighted by Gasteiger charge is 2.30. The van der Waals surface area contributed by atoms with Crippen LogP contribution in [0, 0.1) is 0 Å². The second-order valence-electron chi connectivity index (χ2n) is 7.84. The quantitative estimate of drug-likeness (QED) is 0.448. The summed E-state index contributed by atoms with van der Waals surface area (Å²) in [5.74, 6) is -1.34. The lowest BCUT2D eigenvalue weighted by Gasteiger charge is -2.19. The lowest BCUT2D eigenvalue weighted by molar-refractivity contribution is -0.137. The molecule has 0 fully saturated rings. The SMILES string of the molecule is O=C(O)CCC(NC(=O)OCC1c2ccccc2-c2ccccc21)C(=O)NCc1ncccn1. The second kappa shape index (κ2) is 10.6. The molecule has 4 rings (SSSR count). The third kappa shape index (κ3) is 5.37. The molecule has 0 spiro atoms. The van der Waals surface area contributed by atoms with Gasteiger partial charge >= 0.3 is 12.1 Å². The molecule has 0 radical (unpaired) electrons. The number of nitrogens with one attached hydrogen (secondary N) is 2. The molecular weight excluding hydrogens is 436 g/mol. The van der Waals surface area contributed by atoms with Crippen LogP contribution in [0.5, 0.6) is 0 Å². The van der Waals surface area contributed by atoms with Crippen molar-refractivity contribution in [3.8, 4) is 11.1 Å². The molecule has 1 atom stereocenters. The molecule has 3 aromatic rings. The van der Waals surface area contributed by atoms with Gasteiger partial charge in [-0.1, -0.05) is 48.5 Å². The van der Waals surface area contributed by atoms with E-state index in [1.807, 2.05) is 48.5 Å². The number of amides is 2. The lowest BCUT2D eigenvalue weighted by atomic mass is 9.98. The van der Waals surface area contributed by atoms with Gasteiger partial charge in [-0.05, 0) is 34.7 Å². The van der Waals surface area contributed by atoms with E-state index in [9.17, 15) is 14.4 Å². The predicted molar refractivity (Wildman–Crippen MR) is 123 cm³/mol. The molecule has 1 aliphatic rings. The first-order valence-corrected chi connectivity index (χ1v) is 10.9. The molecule has 0 saturated carbocycles. The van der Waals surface area contributed by atoms with Crippen LogP contribution >= 0.6 is 0 Å². The number of hydrogen-bond acceptors (Lipinski definition) is 6. The first kappa shape index (κ1) is 22.9. The number of rotatable bonds is 9. The number of ether oxygens (including phenoxy) is 1. The first-order chi connectivity index (χ1) is 16.5. The number of carboxylic acids is 1. The van der Waals surface area contributed by atoms with Gasteiger partial charge in [0, 0.05) is 24.7 Å². The van der Waals surface area contributed by atoms with Gasteiger partial charge in [0.1, 0.15) is 18.5 Å². The molecule has 3 N–H and O–H groups in total. The molecule has 1 aliphatic carbocycles. The van der Waals surface area contributed by atoms with E-state index in [1.165, 1.54) is 0 Å². The third-order valence-electron chi connectivity index (χ3n) is 5.64. The summed E-state index contributed by atoms with van der Waals surface area (Å²) in [5, 5.41) is 14.2. The van der Waals surface area contributed by atoms with E-state index < -0.39 is 24.0 Å². The Labute approximate surface area is 196 Å². The zero-order valence-electron chi connectivity index (χ0n) is 18.3. The van der Waals surface area contributed by atoms with Gasteiger partial charge < -0.3 is 20.5 Å². The minimum Gasteiger partial charge on any atom is -0.481 e. The highest BCUT2D eigenvalue weighted by atomic mass is 16.5. The molecule has 2 aromatic carbocycles. The van der Waals surface area contributed by atoms with E-state index in [4.69, 9.17) is 9.84 Å². The Morgan fingerprint density at radius 1 is 0.941 bits per heavy atom. The summed E-state index contributed by atoms with van der Waals surface area (Å²) in [7, 11) is 0. The van der Waals surface area contributed by atoms with Crippen LogP contribution in [0.25, 0.3) is 11.1 Å². The van der Waals surface area contributed by atoms with Crippen LogP contribution in [0.2, 0.25) is 0 Å². The zero-order chi connectivity index (χ0) is 23.9. The van der Waals surface area contributed by atoms with Crippen LogP contribution < -0.4 is 10.6 Å². The number of hydrogen-bond donors (Lipinski definition) is 3. The van der Waals surface area contributed by atoms with Crippen molar-refractivity contribution < 1.29 is 24.2 Å². The Balaban J connectivity index is 1.39. The maximum atomic E-state index is 12.6. The molecule has 9 nitrogen and oxygen atoms in total.